The highest BCUT2D eigenvalue weighted by atomic mass is 19.4. The molecule has 0 fully saturated rings. The summed E-state index contributed by atoms with van der Waals surface area (Å²) in [6.07, 6.45) is -3.65. The Morgan fingerprint density at radius 1 is 0.718 bits per heavy atom. The molecule has 9 heteroatoms. The maximum Gasteiger partial charge on any atom is 0.423 e. The molecule has 0 aliphatic carbocycles. The highest BCUT2D eigenvalue weighted by molar-refractivity contribution is 5.87. The number of rotatable bonds is 5. The molecule has 39 heavy (non-hydrogen) atoms. The van der Waals surface area contributed by atoms with Crippen molar-refractivity contribution in [2.45, 2.75) is 18.3 Å². The molecule has 1 N–H and O–H groups in total. The summed E-state index contributed by atoms with van der Waals surface area (Å²) in [7, 11) is 0. The van der Waals surface area contributed by atoms with Crippen LogP contribution in [0.25, 0.3) is 38.8 Å². The lowest BCUT2D eigenvalue weighted by atomic mass is 9.91. The molecule has 6 rings (SSSR count). The third-order valence-corrected chi connectivity index (χ3v) is 6.92. The Labute approximate surface area is 219 Å². The van der Waals surface area contributed by atoms with E-state index in [9.17, 15) is 27.1 Å². The number of aromatic nitrogens is 3. The van der Waals surface area contributed by atoms with Crippen LogP contribution in [-0.4, -0.2) is 25.6 Å². The molecule has 1 atom stereocenters. The van der Waals surface area contributed by atoms with Crippen molar-refractivity contribution in [1.82, 2.24) is 14.3 Å². The number of para-hydroxylation sites is 1. The summed E-state index contributed by atoms with van der Waals surface area (Å²) in [6.45, 7) is -0.839. The van der Waals surface area contributed by atoms with Crippen LogP contribution in [0, 0.1) is 11.6 Å². The molecule has 0 saturated carbocycles. The van der Waals surface area contributed by atoms with Crippen molar-refractivity contribution in [3.63, 3.8) is 0 Å². The fourth-order valence-electron chi connectivity index (χ4n) is 4.89. The third-order valence-electron chi connectivity index (χ3n) is 6.92. The van der Waals surface area contributed by atoms with Crippen LogP contribution in [-0.2, 0) is 12.1 Å². The minimum atomic E-state index is -5.04. The Morgan fingerprint density at radius 2 is 1.38 bits per heavy atom. The number of benzene rings is 4. The molecule has 0 bridgehead atoms. The van der Waals surface area contributed by atoms with Crippen molar-refractivity contribution in [2.24, 2.45) is 0 Å². The van der Waals surface area contributed by atoms with Crippen LogP contribution in [0.2, 0.25) is 0 Å². The molecule has 0 aliphatic rings. The maximum absolute atomic E-state index is 14.7. The van der Waals surface area contributed by atoms with Gasteiger partial charge in [-0.2, -0.15) is 18.3 Å². The first-order valence-electron chi connectivity index (χ1n) is 12.0. The van der Waals surface area contributed by atoms with Crippen LogP contribution < -0.4 is 0 Å². The van der Waals surface area contributed by atoms with Crippen molar-refractivity contribution < 1.29 is 27.1 Å². The van der Waals surface area contributed by atoms with Crippen molar-refractivity contribution in [3.8, 4) is 16.9 Å². The van der Waals surface area contributed by atoms with E-state index in [1.807, 2.05) is 0 Å². The summed E-state index contributed by atoms with van der Waals surface area (Å²) >= 11 is 0. The van der Waals surface area contributed by atoms with Gasteiger partial charge in [-0.05, 0) is 83.9 Å². The SMILES string of the molecule is OC(Cn1c(-c2ccc(F)cc2)cc2ccccc21)(c1ccc2c(cnn2-c2ccc(F)cc2)c1)C(F)(F)F. The maximum atomic E-state index is 14.7. The fraction of sp³-hybridized carbons (Fsp3) is 0.100. The molecule has 0 aliphatic heterocycles. The molecule has 1 unspecified atom stereocenters. The van der Waals surface area contributed by atoms with E-state index in [0.29, 0.717) is 38.8 Å². The quantitative estimate of drug-likeness (QED) is 0.235. The lowest BCUT2D eigenvalue weighted by Crippen LogP contribution is -2.46. The summed E-state index contributed by atoms with van der Waals surface area (Å²) in [6, 6.07) is 23.6. The number of nitrogens with zero attached hydrogens (tertiary/aromatic N) is 3. The molecule has 0 spiro atoms. The van der Waals surface area contributed by atoms with Crippen molar-refractivity contribution in [1.29, 1.82) is 0 Å². The molecule has 0 radical (unpaired) electrons. The normalized spacial score (nSPS) is 13.7. The molecule has 2 heterocycles. The number of hydrogen-bond acceptors (Lipinski definition) is 2. The van der Waals surface area contributed by atoms with Crippen LogP contribution >= 0.6 is 0 Å². The molecule has 2 aromatic heterocycles. The smallest absolute Gasteiger partial charge is 0.375 e. The van der Waals surface area contributed by atoms with Gasteiger partial charge in [0.15, 0.2) is 0 Å². The van der Waals surface area contributed by atoms with Crippen LogP contribution in [0.1, 0.15) is 5.56 Å². The first kappa shape index (κ1) is 24.8. The van der Waals surface area contributed by atoms with Crippen LogP contribution in [0.15, 0.2) is 103 Å². The Morgan fingerprint density at radius 3 is 2.08 bits per heavy atom. The van der Waals surface area contributed by atoms with Crippen LogP contribution in [0.4, 0.5) is 22.0 Å². The average Bonchev–Trinajstić information content (AvgIpc) is 3.50. The minimum Gasteiger partial charge on any atom is -0.375 e. The molecule has 0 amide bonds. The van der Waals surface area contributed by atoms with E-state index in [2.05, 4.69) is 5.10 Å². The summed E-state index contributed by atoms with van der Waals surface area (Å²) in [4.78, 5) is 0. The number of fused-ring (bicyclic) bond motifs is 2. The van der Waals surface area contributed by atoms with E-state index in [-0.39, 0.29) is 5.56 Å². The predicted molar refractivity (Wildman–Crippen MR) is 138 cm³/mol. The molecule has 0 saturated heterocycles. The Bertz CT molecular complexity index is 1800. The zero-order valence-corrected chi connectivity index (χ0v) is 20.2. The van der Waals surface area contributed by atoms with Gasteiger partial charge in [-0.1, -0.05) is 24.3 Å². The van der Waals surface area contributed by atoms with Gasteiger partial charge >= 0.3 is 6.18 Å². The van der Waals surface area contributed by atoms with Crippen molar-refractivity contribution >= 4 is 21.8 Å². The van der Waals surface area contributed by atoms with Gasteiger partial charge < -0.3 is 9.67 Å². The molecular formula is C30H20F5N3O. The fourth-order valence-corrected chi connectivity index (χ4v) is 4.89. The molecule has 196 valence electrons. The van der Waals surface area contributed by atoms with E-state index in [4.69, 9.17) is 0 Å². The summed E-state index contributed by atoms with van der Waals surface area (Å²) in [5, 5.41) is 16.7. The zero-order chi connectivity index (χ0) is 27.4. The average molecular weight is 534 g/mol. The highest BCUT2D eigenvalue weighted by Crippen LogP contribution is 2.43. The standard InChI is InChI=1S/C30H20F5N3O/c31-23-8-5-19(6-9-23)28-16-20-3-1-2-4-26(20)37(28)18-29(39,30(33,34)35)22-7-14-27-21(15-22)17-36-38(27)25-12-10-24(32)11-13-25/h1-17,39H,18H2. The Hall–Kier alpha value is -4.50. The predicted octanol–water partition coefficient (Wildman–Crippen LogP) is 7.38. The summed E-state index contributed by atoms with van der Waals surface area (Å²) in [5.41, 5.74) is -1.19. The largest absolute Gasteiger partial charge is 0.423 e. The van der Waals surface area contributed by atoms with Gasteiger partial charge in [-0.15, -0.1) is 0 Å². The second-order valence-electron chi connectivity index (χ2n) is 9.35. The third kappa shape index (κ3) is 4.24. The van der Waals surface area contributed by atoms with Gasteiger partial charge in [-0.25, -0.2) is 13.5 Å². The van der Waals surface area contributed by atoms with Gasteiger partial charge in [0.05, 0.1) is 23.9 Å². The number of aliphatic hydroxyl groups is 1. The van der Waals surface area contributed by atoms with Gasteiger partial charge in [0.1, 0.15) is 11.6 Å². The highest BCUT2D eigenvalue weighted by Gasteiger charge is 2.55. The van der Waals surface area contributed by atoms with E-state index < -0.39 is 30.0 Å². The Kier molecular flexibility index (Phi) is 5.76. The number of halogens is 5. The number of alkyl halides is 3. The lowest BCUT2D eigenvalue weighted by molar-refractivity contribution is -0.271. The number of hydrogen-bond donors (Lipinski definition) is 1. The van der Waals surface area contributed by atoms with E-state index in [1.165, 1.54) is 82.2 Å². The molecule has 4 nitrogen and oxygen atoms in total. The first-order valence-corrected chi connectivity index (χ1v) is 12.0. The second kappa shape index (κ2) is 9.06. The second-order valence-corrected chi connectivity index (χ2v) is 9.35. The summed E-state index contributed by atoms with van der Waals surface area (Å²) in [5.74, 6) is -0.895. The van der Waals surface area contributed by atoms with Crippen LogP contribution in [0.5, 0.6) is 0 Å². The molecule has 4 aromatic carbocycles. The molecule has 6 aromatic rings. The van der Waals surface area contributed by atoms with Gasteiger partial charge in [-0.3, -0.25) is 0 Å². The topological polar surface area (TPSA) is 43.0 Å². The van der Waals surface area contributed by atoms with Gasteiger partial charge in [0.2, 0.25) is 5.60 Å². The molecular weight excluding hydrogens is 513 g/mol. The van der Waals surface area contributed by atoms with Gasteiger partial charge in [0.25, 0.3) is 0 Å². The van der Waals surface area contributed by atoms with Crippen molar-refractivity contribution in [3.05, 3.63) is 120 Å². The Balaban J connectivity index is 1.48. The van der Waals surface area contributed by atoms with Gasteiger partial charge in [0, 0.05) is 22.0 Å². The first-order chi connectivity index (χ1) is 18.6. The zero-order valence-electron chi connectivity index (χ0n) is 20.2. The van der Waals surface area contributed by atoms with Crippen LogP contribution in [0.3, 0.4) is 0 Å². The van der Waals surface area contributed by atoms with E-state index in [0.717, 1.165) is 0 Å². The monoisotopic (exact) mass is 533 g/mol. The minimum absolute atomic E-state index is 0.357. The van der Waals surface area contributed by atoms with Crippen molar-refractivity contribution in [2.75, 3.05) is 0 Å². The summed E-state index contributed by atoms with van der Waals surface area (Å²) < 4.78 is 74.0. The lowest BCUT2D eigenvalue weighted by Gasteiger charge is -2.32. The van der Waals surface area contributed by atoms with E-state index >= 15 is 0 Å². The van der Waals surface area contributed by atoms with E-state index in [1.54, 1.807) is 30.3 Å².